The molecule has 2 heterocycles. The molecule has 11 heteroatoms. The molecule has 0 saturated carbocycles. The standard InChI is InChI=1S/C17H19N5O3S3/c1-11(16(23)19-12-5-7-14(8-6-12)28(18,24)25)27-17-21-20-15(22(17)2)10-13-4-3-9-26-13/h3-9,11H,10H2,1-2H3,(H,19,23)(H2,18,24,25). The largest absolute Gasteiger partial charge is 0.325 e. The molecule has 0 fully saturated rings. The molecule has 28 heavy (non-hydrogen) atoms. The van der Waals surface area contributed by atoms with Crippen LogP contribution in [0.5, 0.6) is 0 Å². The Labute approximate surface area is 171 Å². The summed E-state index contributed by atoms with van der Waals surface area (Å²) < 4.78 is 24.5. The van der Waals surface area contributed by atoms with Crippen LogP contribution >= 0.6 is 23.1 Å². The van der Waals surface area contributed by atoms with Crippen LogP contribution in [0.3, 0.4) is 0 Å². The van der Waals surface area contributed by atoms with Gasteiger partial charge in [-0.2, -0.15) is 0 Å². The van der Waals surface area contributed by atoms with E-state index < -0.39 is 15.3 Å². The second kappa shape index (κ2) is 8.43. The van der Waals surface area contributed by atoms with Crippen LogP contribution in [0.2, 0.25) is 0 Å². The number of aromatic nitrogens is 3. The van der Waals surface area contributed by atoms with Gasteiger partial charge in [-0.05, 0) is 42.6 Å². The molecular formula is C17H19N5O3S3. The van der Waals surface area contributed by atoms with E-state index in [-0.39, 0.29) is 10.8 Å². The smallest absolute Gasteiger partial charge is 0.238 e. The summed E-state index contributed by atoms with van der Waals surface area (Å²) in [5.74, 6) is 0.604. The number of amides is 1. The highest BCUT2D eigenvalue weighted by atomic mass is 32.2. The van der Waals surface area contributed by atoms with Crippen molar-refractivity contribution >= 4 is 44.7 Å². The van der Waals surface area contributed by atoms with Crippen molar-refractivity contribution in [3.05, 3.63) is 52.5 Å². The molecule has 8 nitrogen and oxygen atoms in total. The molecular weight excluding hydrogens is 418 g/mol. The monoisotopic (exact) mass is 437 g/mol. The Balaban J connectivity index is 1.62. The fourth-order valence-electron chi connectivity index (χ4n) is 2.35. The number of hydrogen-bond donors (Lipinski definition) is 2. The van der Waals surface area contributed by atoms with Crippen molar-refractivity contribution in [2.75, 3.05) is 5.32 Å². The maximum atomic E-state index is 12.4. The predicted molar refractivity (Wildman–Crippen MR) is 110 cm³/mol. The number of thioether (sulfide) groups is 1. The van der Waals surface area contributed by atoms with Crippen LogP contribution in [0.25, 0.3) is 0 Å². The third kappa shape index (κ3) is 4.98. The number of rotatable bonds is 7. The summed E-state index contributed by atoms with van der Waals surface area (Å²) in [6, 6.07) is 9.73. The van der Waals surface area contributed by atoms with Gasteiger partial charge in [-0.25, -0.2) is 13.6 Å². The van der Waals surface area contributed by atoms with Crippen LogP contribution in [-0.4, -0.2) is 34.3 Å². The van der Waals surface area contributed by atoms with Crippen molar-refractivity contribution in [1.29, 1.82) is 0 Å². The average molecular weight is 438 g/mol. The van der Waals surface area contributed by atoms with E-state index in [1.165, 1.54) is 40.9 Å². The van der Waals surface area contributed by atoms with Crippen LogP contribution in [0, 0.1) is 0 Å². The summed E-state index contributed by atoms with van der Waals surface area (Å²) in [4.78, 5) is 13.6. The molecule has 0 aliphatic heterocycles. The van der Waals surface area contributed by atoms with Crippen molar-refractivity contribution < 1.29 is 13.2 Å². The summed E-state index contributed by atoms with van der Waals surface area (Å²) in [6.07, 6.45) is 0.693. The van der Waals surface area contributed by atoms with Gasteiger partial charge in [0.05, 0.1) is 10.1 Å². The first-order valence-corrected chi connectivity index (χ1v) is 11.6. The Kier molecular flexibility index (Phi) is 6.18. The molecule has 0 radical (unpaired) electrons. The molecule has 1 aromatic carbocycles. The molecule has 3 aromatic rings. The second-order valence-electron chi connectivity index (χ2n) is 6.03. The van der Waals surface area contributed by atoms with Crippen molar-refractivity contribution in [3.63, 3.8) is 0 Å². The molecule has 0 saturated heterocycles. The van der Waals surface area contributed by atoms with E-state index in [4.69, 9.17) is 5.14 Å². The normalized spacial score (nSPS) is 12.7. The second-order valence-corrected chi connectivity index (χ2v) is 9.93. The number of benzene rings is 1. The molecule has 1 unspecified atom stereocenters. The Morgan fingerprint density at radius 1 is 1.29 bits per heavy atom. The van der Waals surface area contributed by atoms with Gasteiger partial charge in [0.1, 0.15) is 5.82 Å². The maximum Gasteiger partial charge on any atom is 0.238 e. The van der Waals surface area contributed by atoms with E-state index >= 15 is 0 Å². The SMILES string of the molecule is CC(Sc1nnc(Cc2cccs2)n1C)C(=O)Nc1ccc(S(N)(=O)=O)cc1. The molecule has 148 valence electrons. The highest BCUT2D eigenvalue weighted by Gasteiger charge is 2.19. The van der Waals surface area contributed by atoms with Crippen LogP contribution in [-0.2, 0) is 28.3 Å². The van der Waals surface area contributed by atoms with Gasteiger partial charge in [0.25, 0.3) is 0 Å². The van der Waals surface area contributed by atoms with Crippen LogP contribution in [0.15, 0.2) is 51.8 Å². The number of hydrogen-bond acceptors (Lipinski definition) is 7. The van der Waals surface area contributed by atoms with E-state index in [0.29, 0.717) is 17.3 Å². The minimum absolute atomic E-state index is 0.00900. The lowest BCUT2D eigenvalue weighted by Crippen LogP contribution is -2.23. The molecule has 3 N–H and O–H groups in total. The predicted octanol–water partition coefficient (Wildman–Crippen LogP) is 2.23. The van der Waals surface area contributed by atoms with Gasteiger partial charge in [0.2, 0.25) is 15.9 Å². The topological polar surface area (TPSA) is 120 Å². The number of nitrogens with zero attached hydrogens (tertiary/aromatic N) is 3. The van der Waals surface area contributed by atoms with Crippen LogP contribution in [0.1, 0.15) is 17.6 Å². The van der Waals surface area contributed by atoms with Gasteiger partial charge < -0.3 is 9.88 Å². The van der Waals surface area contributed by atoms with Gasteiger partial charge in [-0.3, -0.25) is 4.79 Å². The first-order valence-electron chi connectivity index (χ1n) is 8.25. The first-order chi connectivity index (χ1) is 13.2. The van der Waals surface area contributed by atoms with E-state index in [1.54, 1.807) is 18.3 Å². The lowest BCUT2D eigenvalue weighted by molar-refractivity contribution is -0.115. The van der Waals surface area contributed by atoms with Crippen LogP contribution < -0.4 is 10.5 Å². The fourth-order valence-corrected chi connectivity index (χ4v) is 4.40. The lowest BCUT2D eigenvalue weighted by Gasteiger charge is -2.12. The third-order valence-electron chi connectivity index (χ3n) is 3.94. The summed E-state index contributed by atoms with van der Waals surface area (Å²) in [7, 11) is -1.88. The average Bonchev–Trinajstić information content (AvgIpc) is 3.27. The van der Waals surface area contributed by atoms with Crippen molar-refractivity contribution in [1.82, 2.24) is 14.8 Å². The number of primary sulfonamides is 1. The summed E-state index contributed by atoms with van der Waals surface area (Å²) in [5, 5.41) is 18.5. The first kappa shape index (κ1) is 20.5. The highest BCUT2D eigenvalue weighted by molar-refractivity contribution is 8.00. The minimum atomic E-state index is -3.76. The van der Waals surface area contributed by atoms with Gasteiger partial charge in [0.15, 0.2) is 5.16 Å². The molecule has 1 atom stereocenters. The van der Waals surface area contributed by atoms with Crippen molar-refractivity contribution in [3.8, 4) is 0 Å². The number of anilines is 1. The molecule has 3 rings (SSSR count). The zero-order valence-corrected chi connectivity index (χ0v) is 17.6. The molecule has 0 bridgehead atoms. The summed E-state index contributed by atoms with van der Waals surface area (Å²) in [6.45, 7) is 1.77. The Morgan fingerprint density at radius 2 is 2.00 bits per heavy atom. The molecule has 0 aliphatic carbocycles. The van der Waals surface area contributed by atoms with Gasteiger partial charge in [-0.1, -0.05) is 17.8 Å². The maximum absolute atomic E-state index is 12.4. The van der Waals surface area contributed by atoms with Gasteiger partial charge in [0, 0.05) is 24.0 Å². The number of carbonyl (C=O) groups excluding carboxylic acids is 1. The van der Waals surface area contributed by atoms with E-state index in [2.05, 4.69) is 15.5 Å². The molecule has 0 aliphatic rings. The molecule has 1 amide bonds. The van der Waals surface area contributed by atoms with Gasteiger partial charge >= 0.3 is 0 Å². The van der Waals surface area contributed by atoms with E-state index in [0.717, 1.165) is 5.82 Å². The number of nitrogens with one attached hydrogen (secondary N) is 1. The lowest BCUT2D eigenvalue weighted by atomic mass is 10.3. The third-order valence-corrected chi connectivity index (χ3v) is 6.88. The zero-order chi connectivity index (χ0) is 20.3. The summed E-state index contributed by atoms with van der Waals surface area (Å²) >= 11 is 2.96. The zero-order valence-electron chi connectivity index (χ0n) is 15.2. The number of nitrogens with two attached hydrogens (primary N) is 1. The van der Waals surface area contributed by atoms with E-state index in [9.17, 15) is 13.2 Å². The number of carbonyl (C=O) groups is 1. The van der Waals surface area contributed by atoms with Crippen LogP contribution in [0.4, 0.5) is 5.69 Å². The summed E-state index contributed by atoms with van der Waals surface area (Å²) in [5.41, 5.74) is 0.487. The van der Waals surface area contributed by atoms with E-state index in [1.807, 2.05) is 29.1 Å². The highest BCUT2D eigenvalue weighted by Crippen LogP contribution is 2.24. The van der Waals surface area contributed by atoms with Crippen molar-refractivity contribution in [2.24, 2.45) is 12.2 Å². The number of sulfonamides is 1. The Bertz CT molecular complexity index is 1060. The molecule has 0 spiro atoms. The fraction of sp³-hybridized carbons (Fsp3) is 0.235. The Hall–Kier alpha value is -2.21. The van der Waals surface area contributed by atoms with Crippen molar-refractivity contribution in [2.45, 2.75) is 28.6 Å². The molecule has 2 aromatic heterocycles. The Morgan fingerprint density at radius 3 is 2.61 bits per heavy atom. The quantitative estimate of drug-likeness (QED) is 0.547. The number of thiophene rings is 1. The van der Waals surface area contributed by atoms with Gasteiger partial charge in [-0.15, -0.1) is 21.5 Å². The minimum Gasteiger partial charge on any atom is -0.325 e.